The highest BCUT2D eigenvalue weighted by molar-refractivity contribution is 5.75. The zero-order valence-electron chi connectivity index (χ0n) is 11.6. The normalized spacial score (nSPS) is 10.3. The highest BCUT2D eigenvalue weighted by Crippen LogP contribution is 2.14. The molecule has 6 heteroatoms. The number of carbonyl (C=O) groups is 1. The number of ether oxygens (including phenoxy) is 1. The van der Waals surface area contributed by atoms with Gasteiger partial charge in [-0.1, -0.05) is 12.1 Å². The van der Waals surface area contributed by atoms with Crippen LogP contribution >= 0.6 is 0 Å². The van der Waals surface area contributed by atoms with Gasteiger partial charge in [-0.3, -0.25) is 9.48 Å². The lowest BCUT2D eigenvalue weighted by Gasteiger charge is -2.17. The minimum Gasteiger partial charge on any atom is -0.497 e. The van der Waals surface area contributed by atoms with Crippen molar-refractivity contribution in [3.05, 3.63) is 42.1 Å². The molecular weight excluding hydrogens is 256 g/mol. The van der Waals surface area contributed by atoms with Crippen LogP contribution in [0.1, 0.15) is 5.56 Å². The number of rotatable bonds is 5. The molecule has 0 bridgehead atoms. The SMILES string of the molecule is COc1cccc(CN(C)C(=O)Cn2ccc(N)n2)c1. The van der Waals surface area contributed by atoms with Gasteiger partial charge in [-0.05, 0) is 23.8 Å². The van der Waals surface area contributed by atoms with E-state index in [9.17, 15) is 4.79 Å². The van der Waals surface area contributed by atoms with Crippen LogP contribution in [0, 0.1) is 0 Å². The van der Waals surface area contributed by atoms with Gasteiger partial charge in [-0.2, -0.15) is 5.10 Å². The summed E-state index contributed by atoms with van der Waals surface area (Å²) in [6.07, 6.45) is 1.69. The number of aromatic nitrogens is 2. The maximum atomic E-state index is 12.1. The lowest BCUT2D eigenvalue weighted by atomic mass is 10.2. The molecule has 2 N–H and O–H groups in total. The summed E-state index contributed by atoms with van der Waals surface area (Å²) >= 11 is 0. The predicted molar refractivity (Wildman–Crippen MR) is 76.1 cm³/mol. The van der Waals surface area contributed by atoms with Gasteiger partial charge < -0.3 is 15.4 Å². The van der Waals surface area contributed by atoms with Crippen molar-refractivity contribution in [1.29, 1.82) is 0 Å². The molecule has 1 aromatic heterocycles. The Hall–Kier alpha value is -2.50. The van der Waals surface area contributed by atoms with Crippen LogP contribution < -0.4 is 10.5 Å². The van der Waals surface area contributed by atoms with E-state index < -0.39 is 0 Å². The summed E-state index contributed by atoms with van der Waals surface area (Å²) in [6.45, 7) is 0.699. The van der Waals surface area contributed by atoms with Crippen molar-refractivity contribution >= 4 is 11.7 Å². The van der Waals surface area contributed by atoms with Crippen molar-refractivity contribution in [2.75, 3.05) is 19.9 Å². The second-order valence-corrected chi connectivity index (χ2v) is 4.54. The minimum absolute atomic E-state index is 0.0316. The molecule has 1 aromatic carbocycles. The molecule has 0 saturated carbocycles. The molecule has 2 rings (SSSR count). The second kappa shape index (κ2) is 6.10. The van der Waals surface area contributed by atoms with E-state index in [2.05, 4.69) is 5.10 Å². The van der Waals surface area contributed by atoms with Crippen LogP contribution in [0.4, 0.5) is 5.82 Å². The molecule has 6 nitrogen and oxygen atoms in total. The minimum atomic E-state index is -0.0316. The first-order valence-corrected chi connectivity index (χ1v) is 6.24. The molecule has 0 saturated heterocycles. The standard InChI is InChI=1S/C14H18N4O2/c1-17(9-11-4-3-5-12(8-11)20-2)14(19)10-18-7-6-13(15)16-18/h3-8H,9-10H2,1-2H3,(H2,15,16). The Morgan fingerprint density at radius 1 is 1.45 bits per heavy atom. The van der Waals surface area contributed by atoms with E-state index in [1.165, 1.54) is 4.68 Å². The summed E-state index contributed by atoms with van der Waals surface area (Å²) < 4.78 is 6.69. The van der Waals surface area contributed by atoms with Gasteiger partial charge in [0, 0.05) is 19.8 Å². The number of methoxy groups -OCH3 is 1. The molecule has 0 aliphatic rings. The number of amides is 1. The number of anilines is 1. The van der Waals surface area contributed by atoms with Crippen molar-refractivity contribution in [3.8, 4) is 5.75 Å². The Bertz CT molecular complexity index is 594. The summed E-state index contributed by atoms with van der Waals surface area (Å²) in [4.78, 5) is 13.7. The smallest absolute Gasteiger partial charge is 0.244 e. The fraction of sp³-hybridized carbons (Fsp3) is 0.286. The van der Waals surface area contributed by atoms with Crippen LogP contribution in [0.3, 0.4) is 0 Å². The second-order valence-electron chi connectivity index (χ2n) is 4.54. The largest absolute Gasteiger partial charge is 0.497 e. The van der Waals surface area contributed by atoms with E-state index in [0.717, 1.165) is 11.3 Å². The molecule has 0 radical (unpaired) electrons. The Morgan fingerprint density at radius 3 is 2.90 bits per heavy atom. The molecular formula is C14H18N4O2. The average molecular weight is 274 g/mol. The zero-order valence-corrected chi connectivity index (χ0v) is 11.6. The van der Waals surface area contributed by atoms with E-state index in [4.69, 9.17) is 10.5 Å². The van der Waals surface area contributed by atoms with Crippen molar-refractivity contribution in [1.82, 2.24) is 14.7 Å². The topological polar surface area (TPSA) is 73.4 Å². The van der Waals surface area contributed by atoms with Gasteiger partial charge in [-0.15, -0.1) is 0 Å². The Labute approximate surface area is 117 Å². The van der Waals surface area contributed by atoms with Gasteiger partial charge in [0.05, 0.1) is 7.11 Å². The van der Waals surface area contributed by atoms with E-state index in [0.29, 0.717) is 12.4 Å². The molecule has 0 unspecified atom stereocenters. The predicted octanol–water partition coefficient (Wildman–Crippen LogP) is 1.13. The van der Waals surface area contributed by atoms with Crippen LogP contribution in [-0.2, 0) is 17.9 Å². The number of carbonyl (C=O) groups excluding carboxylic acids is 1. The van der Waals surface area contributed by atoms with E-state index in [1.54, 1.807) is 31.3 Å². The first-order valence-electron chi connectivity index (χ1n) is 6.24. The van der Waals surface area contributed by atoms with Gasteiger partial charge in [0.15, 0.2) is 0 Å². The van der Waals surface area contributed by atoms with Crippen LogP contribution in [0.15, 0.2) is 36.5 Å². The fourth-order valence-corrected chi connectivity index (χ4v) is 1.86. The van der Waals surface area contributed by atoms with E-state index in [1.807, 2.05) is 24.3 Å². The molecule has 1 amide bonds. The Kier molecular flexibility index (Phi) is 4.24. The monoisotopic (exact) mass is 274 g/mol. The van der Waals surface area contributed by atoms with Crippen LogP contribution in [0.5, 0.6) is 5.75 Å². The first-order chi connectivity index (χ1) is 9.58. The van der Waals surface area contributed by atoms with Gasteiger partial charge in [-0.25, -0.2) is 0 Å². The van der Waals surface area contributed by atoms with Crippen LogP contribution in [0.2, 0.25) is 0 Å². The molecule has 0 atom stereocenters. The highest BCUT2D eigenvalue weighted by Gasteiger charge is 2.11. The quantitative estimate of drug-likeness (QED) is 0.887. The third kappa shape index (κ3) is 3.50. The van der Waals surface area contributed by atoms with Gasteiger partial charge in [0.25, 0.3) is 0 Å². The number of hydrogen-bond donors (Lipinski definition) is 1. The molecule has 0 fully saturated rings. The molecule has 0 spiro atoms. The van der Waals surface area contributed by atoms with Crippen molar-refractivity contribution < 1.29 is 9.53 Å². The average Bonchev–Trinajstić information content (AvgIpc) is 2.84. The van der Waals surface area contributed by atoms with Gasteiger partial charge >= 0.3 is 0 Å². The van der Waals surface area contributed by atoms with E-state index in [-0.39, 0.29) is 12.5 Å². The summed E-state index contributed by atoms with van der Waals surface area (Å²) in [5, 5.41) is 3.99. The lowest BCUT2D eigenvalue weighted by Crippen LogP contribution is -2.30. The maximum Gasteiger partial charge on any atom is 0.244 e. The van der Waals surface area contributed by atoms with Crippen molar-refractivity contribution in [2.45, 2.75) is 13.1 Å². The number of likely N-dealkylation sites (N-methyl/N-ethyl adjacent to an activating group) is 1. The summed E-state index contributed by atoms with van der Waals surface area (Å²) in [6, 6.07) is 9.31. The Balaban J connectivity index is 1.96. The summed E-state index contributed by atoms with van der Waals surface area (Å²) in [5.41, 5.74) is 6.53. The third-order valence-corrected chi connectivity index (χ3v) is 2.94. The van der Waals surface area contributed by atoms with Crippen LogP contribution in [-0.4, -0.2) is 34.7 Å². The zero-order chi connectivity index (χ0) is 14.5. The highest BCUT2D eigenvalue weighted by atomic mass is 16.5. The summed E-state index contributed by atoms with van der Waals surface area (Å²) in [7, 11) is 3.38. The number of hydrogen-bond acceptors (Lipinski definition) is 4. The molecule has 0 aliphatic heterocycles. The fourth-order valence-electron chi connectivity index (χ4n) is 1.86. The van der Waals surface area contributed by atoms with E-state index >= 15 is 0 Å². The number of nitrogens with zero attached hydrogens (tertiary/aromatic N) is 3. The molecule has 20 heavy (non-hydrogen) atoms. The number of nitrogens with two attached hydrogens (primary N) is 1. The first kappa shape index (κ1) is 13.9. The van der Waals surface area contributed by atoms with Crippen LogP contribution in [0.25, 0.3) is 0 Å². The van der Waals surface area contributed by atoms with Gasteiger partial charge in [0.1, 0.15) is 18.1 Å². The lowest BCUT2D eigenvalue weighted by molar-refractivity contribution is -0.131. The third-order valence-electron chi connectivity index (χ3n) is 2.94. The summed E-state index contributed by atoms with van der Waals surface area (Å²) in [5.74, 6) is 1.16. The molecule has 2 aromatic rings. The van der Waals surface area contributed by atoms with Crippen molar-refractivity contribution in [2.24, 2.45) is 0 Å². The maximum absolute atomic E-state index is 12.1. The molecule has 0 aliphatic carbocycles. The molecule has 1 heterocycles. The van der Waals surface area contributed by atoms with Crippen molar-refractivity contribution in [3.63, 3.8) is 0 Å². The number of benzene rings is 1. The number of nitrogen functional groups attached to an aromatic ring is 1. The van der Waals surface area contributed by atoms with Gasteiger partial charge in [0.2, 0.25) is 5.91 Å². The Morgan fingerprint density at radius 2 is 2.25 bits per heavy atom. The molecule has 106 valence electrons.